The molecule has 7 bridgehead atoms. The van der Waals surface area contributed by atoms with Crippen LogP contribution in [0.3, 0.4) is 0 Å². The minimum atomic E-state index is -1.46. The zero-order valence-corrected chi connectivity index (χ0v) is 30.8. The van der Waals surface area contributed by atoms with Gasteiger partial charge in [0.15, 0.2) is 0 Å². The van der Waals surface area contributed by atoms with Crippen LogP contribution in [-0.2, 0) is 42.7 Å². The third-order valence-electron chi connectivity index (χ3n) is 14.3. The molecule has 1 unspecified atom stereocenters. The van der Waals surface area contributed by atoms with Gasteiger partial charge in [0.05, 0.1) is 61.8 Å². The molecule has 13 nitrogen and oxygen atoms in total. The van der Waals surface area contributed by atoms with Crippen LogP contribution in [0.25, 0.3) is 0 Å². The molecule has 13 atom stereocenters. The van der Waals surface area contributed by atoms with Crippen LogP contribution in [0.1, 0.15) is 55.8 Å². The zero-order chi connectivity index (χ0) is 36.5. The van der Waals surface area contributed by atoms with Crippen molar-refractivity contribution < 1.29 is 52.6 Å². The minimum Gasteiger partial charge on any atom is -0.469 e. The van der Waals surface area contributed by atoms with Gasteiger partial charge in [-0.05, 0) is 43.9 Å². The van der Waals surface area contributed by atoms with Crippen molar-refractivity contribution in [1.82, 2.24) is 4.90 Å². The summed E-state index contributed by atoms with van der Waals surface area (Å²) in [7, 11) is 9.92. The lowest BCUT2D eigenvalue weighted by molar-refractivity contribution is -0.326. The van der Waals surface area contributed by atoms with Gasteiger partial charge in [0, 0.05) is 83.5 Å². The molecule has 1 spiro atoms. The molecular formula is C38H54N2O11. The highest BCUT2D eigenvalue weighted by Crippen LogP contribution is 2.81. The van der Waals surface area contributed by atoms with Gasteiger partial charge in [-0.3, -0.25) is 14.5 Å². The van der Waals surface area contributed by atoms with Crippen LogP contribution in [-0.4, -0.2) is 132 Å². The number of amides is 1. The van der Waals surface area contributed by atoms with Crippen LogP contribution in [0.15, 0.2) is 24.3 Å². The lowest BCUT2D eigenvalue weighted by atomic mass is 9.42. The fourth-order valence-electron chi connectivity index (χ4n) is 12.9. The van der Waals surface area contributed by atoms with E-state index in [9.17, 15) is 19.5 Å². The molecule has 5 saturated carbocycles. The number of rotatable bonds is 13. The summed E-state index contributed by atoms with van der Waals surface area (Å²) in [6, 6.07) is 6.37. The standard InChI is InChI=1S/C38H54N2O11/c1-8-40-19-35(20-51-33(43)21-11-9-10-12-24(21)39-27(41)13-14-28(42)47-4)16-15-26(46-3)37-23-17-22-25(45-2)18-36(50-7,29(23)30(22)48-5)38(44,34(37)40)32(49-6)31(35)37/h9-12,22-23,25-26,29-32,34,44H,8,13-20H2,1-7H3,(H,39,41)/t22-,23-,25+,26+,29-,30+,31-,32+,34?,35+,36-,37+,38-/m1/s1. The highest BCUT2D eigenvalue weighted by molar-refractivity contribution is 6.01. The van der Waals surface area contributed by atoms with Gasteiger partial charge in [0.2, 0.25) is 5.91 Å². The molecule has 1 aromatic carbocycles. The monoisotopic (exact) mass is 714 g/mol. The molecule has 6 aliphatic rings. The number of hydrogen-bond acceptors (Lipinski definition) is 12. The summed E-state index contributed by atoms with van der Waals surface area (Å²) in [5.41, 5.74) is -3.11. The second kappa shape index (κ2) is 13.3. The predicted molar refractivity (Wildman–Crippen MR) is 183 cm³/mol. The maximum absolute atomic E-state index is 14.0. The molecule has 1 aromatic rings. The van der Waals surface area contributed by atoms with Crippen LogP contribution >= 0.6 is 0 Å². The van der Waals surface area contributed by atoms with E-state index in [2.05, 4.69) is 21.9 Å². The summed E-state index contributed by atoms with van der Waals surface area (Å²) in [5.74, 6) is -1.65. The van der Waals surface area contributed by atoms with Gasteiger partial charge < -0.3 is 43.6 Å². The smallest absolute Gasteiger partial charge is 0.340 e. The van der Waals surface area contributed by atoms with E-state index in [4.69, 9.17) is 28.4 Å². The topological polar surface area (TPSA) is 151 Å². The predicted octanol–water partition coefficient (Wildman–Crippen LogP) is 2.68. The van der Waals surface area contributed by atoms with Crippen molar-refractivity contribution in [1.29, 1.82) is 0 Å². The van der Waals surface area contributed by atoms with Crippen molar-refractivity contribution in [3.8, 4) is 0 Å². The fourth-order valence-corrected chi connectivity index (χ4v) is 12.9. The van der Waals surface area contributed by atoms with Gasteiger partial charge in [-0.15, -0.1) is 0 Å². The molecule has 1 aliphatic heterocycles. The number of likely N-dealkylation sites (N-methyl/N-ethyl adjacent to an activating group) is 1. The van der Waals surface area contributed by atoms with E-state index in [-0.39, 0.29) is 73.0 Å². The Morgan fingerprint density at radius 1 is 1.00 bits per heavy atom. The number of carbonyl (C=O) groups is 3. The van der Waals surface area contributed by atoms with Gasteiger partial charge in [-0.25, -0.2) is 4.79 Å². The minimum absolute atomic E-state index is 0.0542. The third-order valence-corrected chi connectivity index (χ3v) is 14.3. The van der Waals surface area contributed by atoms with E-state index in [1.54, 1.807) is 59.8 Å². The first-order valence-corrected chi connectivity index (χ1v) is 18.3. The Bertz CT molecular complexity index is 1530. The maximum atomic E-state index is 14.0. The summed E-state index contributed by atoms with van der Waals surface area (Å²) in [6.07, 6.45) is 1.43. The summed E-state index contributed by atoms with van der Waals surface area (Å²) < 4.78 is 43.2. The molecule has 282 valence electrons. The quantitative estimate of drug-likeness (QED) is 0.289. The van der Waals surface area contributed by atoms with E-state index in [1.165, 1.54) is 7.11 Å². The van der Waals surface area contributed by atoms with E-state index in [1.807, 2.05) is 0 Å². The number of aliphatic hydroxyl groups is 1. The van der Waals surface area contributed by atoms with Crippen molar-refractivity contribution >= 4 is 23.5 Å². The van der Waals surface area contributed by atoms with Crippen molar-refractivity contribution in [2.45, 2.75) is 87.1 Å². The van der Waals surface area contributed by atoms with E-state index in [0.29, 0.717) is 31.6 Å². The van der Waals surface area contributed by atoms with Crippen molar-refractivity contribution in [3.05, 3.63) is 29.8 Å². The average molecular weight is 715 g/mol. The number of carbonyl (C=O) groups excluding carboxylic acids is 3. The molecule has 0 radical (unpaired) electrons. The molecule has 0 aromatic heterocycles. The Kier molecular flexibility index (Phi) is 9.59. The van der Waals surface area contributed by atoms with Crippen molar-refractivity contribution in [2.24, 2.45) is 34.5 Å². The average Bonchev–Trinajstić information content (AvgIpc) is 3.55. The largest absolute Gasteiger partial charge is 0.469 e. The van der Waals surface area contributed by atoms with Gasteiger partial charge in [0.25, 0.3) is 0 Å². The number of nitrogens with zero attached hydrogens (tertiary/aromatic N) is 1. The number of para-hydroxylation sites is 1. The number of benzene rings is 1. The van der Waals surface area contributed by atoms with Gasteiger partial charge in [-0.1, -0.05) is 19.1 Å². The number of likely N-dealkylation sites (tertiary alicyclic amines) is 1. The first-order chi connectivity index (χ1) is 24.5. The summed E-state index contributed by atoms with van der Waals surface area (Å²) in [5, 5.41) is 16.5. The Hall–Kier alpha value is -2.65. The van der Waals surface area contributed by atoms with Crippen LogP contribution in [0.2, 0.25) is 0 Å². The number of fused-ring (bicyclic) bond motifs is 2. The zero-order valence-electron chi connectivity index (χ0n) is 30.8. The van der Waals surface area contributed by atoms with Crippen LogP contribution < -0.4 is 5.32 Å². The highest BCUT2D eigenvalue weighted by atomic mass is 16.6. The molecular weight excluding hydrogens is 660 g/mol. The normalized spacial score (nSPS) is 43.1. The first kappa shape index (κ1) is 36.7. The van der Waals surface area contributed by atoms with E-state index in [0.717, 1.165) is 12.8 Å². The molecule has 1 saturated heterocycles. The van der Waals surface area contributed by atoms with Gasteiger partial charge in [0.1, 0.15) is 11.2 Å². The third kappa shape index (κ3) is 4.74. The Morgan fingerprint density at radius 3 is 2.41 bits per heavy atom. The number of anilines is 1. The highest BCUT2D eigenvalue weighted by Gasteiger charge is 2.92. The summed E-state index contributed by atoms with van der Waals surface area (Å²) in [4.78, 5) is 40.7. The van der Waals surface area contributed by atoms with Crippen LogP contribution in [0.5, 0.6) is 0 Å². The van der Waals surface area contributed by atoms with Gasteiger partial charge >= 0.3 is 11.9 Å². The molecule has 6 fully saturated rings. The Balaban J connectivity index is 1.29. The number of nitrogens with one attached hydrogen (secondary N) is 1. The van der Waals surface area contributed by atoms with Crippen molar-refractivity contribution in [2.75, 3.05) is 67.7 Å². The molecule has 13 heteroatoms. The number of piperidine rings is 1. The number of hydrogen-bond donors (Lipinski definition) is 2. The maximum Gasteiger partial charge on any atom is 0.340 e. The Labute approximate surface area is 299 Å². The van der Waals surface area contributed by atoms with Gasteiger partial charge in [-0.2, -0.15) is 0 Å². The molecule has 7 rings (SSSR count). The number of ether oxygens (including phenoxy) is 7. The van der Waals surface area contributed by atoms with E-state index >= 15 is 0 Å². The Morgan fingerprint density at radius 2 is 1.76 bits per heavy atom. The number of esters is 2. The molecule has 1 amide bonds. The SMILES string of the molecule is CCN1C[C@]2(COC(=O)c3ccccc3NC(=O)CCC(=O)OC)CC[C@H](OC)[C@]34C1[C@](O)([C@@H](OC)[C@H]23)[C@@]1(OC)C[C@H](OC)[C@H]2C[C@@H]4[C@@H]1[C@H]2OC. The van der Waals surface area contributed by atoms with Crippen LogP contribution in [0, 0.1) is 34.5 Å². The lowest BCUT2D eigenvalue weighted by Gasteiger charge is -2.70. The molecule has 1 heterocycles. The van der Waals surface area contributed by atoms with Crippen LogP contribution in [0.4, 0.5) is 5.69 Å². The first-order valence-electron chi connectivity index (χ1n) is 18.3. The second-order valence-electron chi connectivity index (χ2n) is 15.6. The lowest BCUT2D eigenvalue weighted by Crippen LogP contribution is -2.82. The summed E-state index contributed by atoms with van der Waals surface area (Å²) in [6.45, 7) is 3.46. The molecule has 2 N–H and O–H groups in total. The molecule has 51 heavy (non-hydrogen) atoms. The fraction of sp³-hybridized carbons (Fsp3) is 0.763. The number of methoxy groups -OCH3 is 6. The summed E-state index contributed by atoms with van der Waals surface area (Å²) >= 11 is 0. The molecule has 5 aliphatic carbocycles. The second-order valence-corrected chi connectivity index (χ2v) is 15.6. The van der Waals surface area contributed by atoms with Crippen molar-refractivity contribution in [3.63, 3.8) is 0 Å². The van der Waals surface area contributed by atoms with E-state index < -0.39 is 46.0 Å².